The molecule has 0 atom stereocenters. The Morgan fingerprint density at radius 1 is 0.848 bits per heavy atom. The van der Waals surface area contributed by atoms with E-state index in [1.54, 1.807) is 73.6 Å². The van der Waals surface area contributed by atoms with E-state index in [-0.39, 0.29) is 5.78 Å². The van der Waals surface area contributed by atoms with Crippen molar-refractivity contribution in [2.75, 3.05) is 4.90 Å². The van der Waals surface area contributed by atoms with Gasteiger partial charge in [-0.2, -0.15) is 0 Å². The van der Waals surface area contributed by atoms with Gasteiger partial charge >= 0.3 is 6.03 Å². The molecule has 0 radical (unpaired) electrons. The van der Waals surface area contributed by atoms with Gasteiger partial charge in [0.2, 0.25) is 0 Å². The summed E-state index contributed by atoms with van der Waals surface area (Å²) >= 11 is 0. The molecule has 0 aliphatic heterocycles. The number of hydrogen-bond donors (Lipinski definition) is 2. The number of benzene rings is 1. The molecule has 4 heterocycles. The molecule has 8 heteroatoms. The van der Waals surface area contributed by atoms with E-state index in [1.165, 1.54) is 4.90 Å². The molecule has 0 saturated carbocycles. The largest absolute Gasteiger partial charge is 0.351 e. The second-order valence-electron chi connectivity index (χ2n) is 7.32. The van der Waals surface area contributed by atoms with Crippen molar-refractivity contribution in [2.24, 2.45) is 5.73 Å². The van der Waals surface area contributed by atoms with Gasteiger partial charge in [0.05, 0.1) is 11.4 Å². The van der Waals surface area contributed by atoms with Crippen molar-refractivity contribution in [3.63, 3.8) is 0 Å². The minimum atomic E-state index is -0.664. The summed E-state index contributed by atoms with van der Waals surface area (Å²) in [6.07, 6.45) is 9.98. The molecule has 0 aliphatic carbocycles. The Morgan fingerprint density at radius 3 is 2.45 bits per heavy atom. The van der Waals surface area contributed by atoms with Crippen LogP contribution in [-0.4, -0.2) is 31.8 Å². The minimum absolute atomic E-state index is 0.201. The quantitative estimate of drug-likeness (QED) is 0.396. The lowest BCUT2D eigenvalue weighted by molar-refractivity contribution is 0.104. The molecule has 0 spiro atoms. The summed E-state index contributed by atoms with van der Waals surface area (Å²) < 4.78 is 0. The molecule has 0 bridgehead atoms. The smallest absolute Gasteiger partial charge is 0.323 e. The zero-order chi connectivity index (χ0) is 22.8. The predicted molar refractivity (Wildman–Crippen MR) is 125 cm³/mol. The molecule has 33 heavy (non-hydrogen) atoms. The van der Waals surface area contributed by atoms with Crippen LogP contribution in [0.3, 0.4) is 0 Å². The number of ketones is 1. The Labute approximate surface area is 188 Å². The normalized spacial score (nSPS) is 10.8. The van der Waals surface area contributed by atoms with Gasteiger partial charge in [0, 0.05) is 64.8 Å². The molecule has 1 aromatic carbocycles. The summed E-state index contributed by atoms with van der Waals surface area (Å²) in [6, 6.07) is 15.2. The minimum Gasteiger partial charge on any atom is -0.351 e. The number of nitrogens with zero attached hydrogens (tertiary/aromatic N) is 4. The van der Waals surface area contributed by atoms with Gasteiger partial charge < -0.3 is 10.7 Å². The number of hydrogen-bond acceptors (Lipinski definition) is 5. The number of rotatable bonds is 5. The van der Waals surface area contributed by atoms with E-state index < -0.39 is 6.03 Å². The Balaban J connectivity index is 1.55. The van der Waals surface area contributed by atoms with Gasteiger partial charge in [-0.1, -0.05) is 18.2 Å². The molecular weight excluding hydrogens is 416 g/mol. The summed E-state index contributed by atoms with van der Waals surface area (Å²) in [6.45, 7) is 0. The first-order chi connectivity index (χ1) is 16.1. The molecule has 0 fully saturated rings. The molecule has 0 unspecified atom stereocenters. The van der Waals surface area contributed by atoms with Gasteiger partial charge in [0.15, 0.2) is 5.78 Å². The number of nitrogens with two attached hydrogens (primary N) is 1. The summed E-state index contributed by atoms with van der Waals surface area (Å²) in [7, 11) is 0. The predicted octanol–water partition coefficient (Wildman–Crippen LogP) is 4.47. The van der Waals surface area contributed by atoms with E-state index in [0.717, 1.165) is 11.1 Å². The van der Waals surface area contributed by atoms with Crippen molar-refractivity contribution in [1.82, 2.24) is 19.9 Å². The van der Waals surface area contributed by atoms with Crippen LogP contribution >= 0.6 is 0 Å². The van der Waals surface area contributed by atoms with Gasteiger partial charge in [-0.05, 0) is 36.4 Å². The maximum Gasteiger partial charge on any atom is 0.323 e. The number of nitrogens with one attached hydrogen (secondary N) is 1. The van der Waals surface area contributed by atoms with Crippen LogP contribution in [0.4, 0.5) is 16.2 Å². The average molecular weight is 434 g/mol. The van der Waals surface area contributed by atoms with Crippen LogP contribution in [-0.2, 0) is 0 Å². The zero-order valence-corrected chi connectivity index (χ0v) is 17.3. The second kappa shape index (κ2) is 8.35. The van der Waals surface area contributed by atoms with Crippen molar-refractivity contribution >= 4 is 34.2 Å². The van der Waals surface area contributed by atoms with Gasteiger partial charge in [-0.3, -0.25) is 19.7 Å². The first-order valence-corrected chi connectivity index (χ1v) is 10.1. The van der Waals surface area contributed by atoms with Crippen molar-refractivity contribution in [1.29, 1.82) is 0 Å². The standard InChI is InChI=1S/C25H18N6O2/c26-25(33)31(19-6-9-27-10-7-19)20-5-1-3-16(11-20)23(32)22-15-30-24-21(22)12-18(14-29-24)17-4-2-8-28-13-17/h1-15H,(H2,26,33)(H,29,30). The maximum atomic E-state index is 13.4. The molecule has 5 aromatic rings. The van der Waals surface area contributed by atoms with Crippen LogP contribution in [0.25, 0.3) is 22.2 Å². The molecule has 160 valence electrons. The highest BCUT2D eigenvalue weighted by atomic mass is 16.2. The summed E-state index contributed by atoms with van der Waals surface area (Å²) in [5.74, 6) is -0.201. The number of urea groups is 1. The first kappa shape index (κ1) is 20.1. The zero-order valence-electron chi connectivity index (χ0n) is 17.3. The Bertz CT molecular complexity index is 1460. The van der Waals surface area contributed by atoms with E-state index in [9.17, 15) is 9.59 Å². The van der Waals surface area contributed by atoms with Gasteiger partial charge in [-0.15, -0.1) is 0 Å². The van der Waals surface area contributed by atoms with Gasteiger partial charge in [0.1, 0.15) is 5.65 Å². The molecule has 5 rings (SSSR count). The lowest BCUT2D eigenvalue weighted by atomic mass is 10.0. The summed E-state index contributed by atoms with van der Waals surface area (Å²) in [5, 5.41) is 0.702. The van der Waals surface area contributed by atoms with Gasteiger partial charge in [-0.25, -0.2) is 9.78 Å². The van der Waals surface area contributed by atoms with Gasteiger partial charge in [0.25, 0.3) is 0 Å². The topological polar surface area (TPSA) is 118 Å². The van der Waals surface area contributed by atoms with Crippen LogP contribution < -0.4 is 10.6 Å². The van der Waals surface area contributed by atoms with Crippen molar-refractivity contribution < 1.29 is 9.59 Å². The maximum absolute atomic E-state index is 13.4. The fraction of sp³-hybridized carbons (Fsp3) is 0. The summed E-state index contributed by atoms with van der Waals surface area (Å²) in [5.41, 5.74) is 9.94. The van der Waals surface area contributed by atoms with Crippen LogP contribution in [0, 0.1) is 0 Å². The number of carbonyl (C=O) groups is 2. The Hall–Kier alpha value is -4.85. The molecule has 4 aromatic heterocycles. The number of fused-ring (bicyclic) bond motifs is 1. The molecule has 8 nitrogen and oxygen atoms in total. The Kier molecular flexibility index (Phi) is 5.08. The lowest BCUT2D eigenvalue weighted by Crippen LogP contribution is -2.31. The number of H-pyrrole nitrogens is 1. The SMILES string of the molecule is NC(=O)N(c1ccncc1)c1cccc(C(=O)c2c[nH]c3ncc(-c4cccnc4)cc23)c1. The van der Waals surface area contributed by atoms with Crippen molar-refractivity contribution in [2.45, 2.75) is 0 Å². The highest BCUT2D eigenvalue weighted by Crippen LogP contribution is 2.29. The van der Waals surface area contributed by atoms with Crippen LogP contribution in [0.1, 0.15) is 15.9 Å². The Morgan fingerprint density at radius 2 is 1.70 bits per heavy atom. The molecule has 0 saturated heterocycles. The van der Waals surface area contributed by atoms with Crippen LogP contribution in [0.2, 0.25) is 0 Å². The fourth-order valence-corrected chi connectivity index (χ4v) is 3.72. The summed E-state index contributed by atoms with van der Waals surface area (Å²) in [4.78, 5) is 42.6. The third-order valence-corrected chi connectivity index (χ3v) is 5.28. The first-order valence-electron chi connectivity index (χ1n) is 10.1. The van der Waals surface area contributed by atoms with E-state index in [1.807, 2.05) is 18.2 Å². The van der Waals surface area contributed by atoms with Crippen LogP contribution in [0.5, 0.6) is 0 Å². The van der Waals surface area contributed by atoms with Crippen LogP contribution in [0.15, 0.2) is 91.8 Å². The third-order valence-electron chi connectivity index (χ3n) is 5.28. The second-order valence-corrected chi connectivity index (χ2v) is 7.32. The monoisotopic (exact) mass is 434 g/mol. The highest BCUT2D eigenvalue weighted by Gasteiger charge is 2.19. The molecule has 2 amide bonds. The average Bonchev–Trinajstić information content (AvgIpc) is 3.28. The number of primary amides is 1. The number of aromatic nitrogens is 4. The number of carbonyl (C=O) groups excluding carboxylic acids is 2. The van der Waals surface area contributed by atoms with E-state index in [2.05, 4.69) is 19.9 Å². The number of anilines is 2. The van der Waals surface area contributed by atoms with Crippen molar-refractivity contribution in [3.8, 4) is 11.1 Å². The molecular formula is C25H18N6O2. The van der Waals surface area contributed by atoms with Crippen molar-refractivity contribution in [3.05, 3.63) is 103 Å². The number of aromatic amines is 1. The lowest BCUT2D eigenvalue weighted by Gasteiger charge is -2.20. The third kappa shape index (κ3) is 3.81. The fourth-order valence-electron chi connectivity index (χ4n) is 3.72. The van der Waals surface area contributed by atoms with E-state index >= 15 is 0 Å². The van der Waals surface area contributed by atoms with E-state index in [4.69, 9.17) is 5.73 Å². The highest BCUT2D eigenvalue weighted by molar-refractivity contribution is 6.16. The molecule has 0 aliphatic rings. The molecule has 3 N–H and O–H groups in total. The number of amides is 2. The van der Waals surface area contributed by atoms with E-state index in [0.29, 0.717) is 33.5 Å². The number of pyridine rings is 3.